The Bertz CT molecular complexity index is 1200. The summed E-state index contributed by atoms with van der Waals surface area (Å²) >= 11 is 6.22. The zero-order valence-electron chi connectivity index (χ0n) is 19.0. The molecule has 0 radical (unpaired) electrons. The van der Waals surface area contributed by atoms with Gasteiger partial charge in [-0.1, -0.05) is 41.9 Å². The molecule has 0 saturated heterocycles. The first kappa shape index (κ1) is 25.4. The lowest BCUT2D eigenvalue weighted by Crippen LogP contribution is -2.36. The van der Waals surface area contributed by atoms with Crippen LogP contribution in [0.4, 0.5) is 5.69 Å². The van der Waals surface area contributed by atoms with Crippen LogP contribution in [-0.4, -0.2) is 34.1 Å². The number of benzene rings is 3. The van der Waals surface area contributed by atoms with Gasteiger partial charge in [-0.25, -0.2) is 8.42 Å². The first-order valence-corrected chi connectivity index (χ1v) is 12.6. The van der Waals surface area contributed by atoms with Crippen LogP contribution in [0.15, 0.2) is 77.7 Å². The van der Waals surface area contributed by atoms with Crippen molar-refractivity contribution in [1.29, 1.82) is 0 Å². The molecule has 0 saturated carbocycles. The average Bonchev–Trinajstić information content (AvgIpc) is 2.83. The number of anilines is 1. The molecule has 1 amide bonds. The van der Waals surface area contributed by atoms with Gasteiger partial charge in [-0.2, -0.15) is 0 Å². The molecule has 0 unspecified atom stereocenters. The SMILES string of the molecule is COc1ccc(NS(=O)(=O)c2ccc(OCC(=O)N[C@H](C)CCc3ccccc3)c(Cl)c2)cc1. The van der Waals surface area contributed by atoms with Crippen LogP contribution in [0, 0.1) is 0 Å². The molecular formula is C25H27ClN2O5S. The number of rotatable bonds is 11. The molecule has 3 aromatic rings. The highest BCUT2D eigenvalue weighted by molar-refractivity contribution is 7.92. The predicted molar refractivity (Wildman–Crippen MR) is 133 cm³/mol. The Balaban J connectivity index is 1.52. The number of amides is 1. The topological polar surface area (TPSA) is 93.7 Å². The van der Waals surface area contributed by atoms with Crippen molar-refractivity contribution >= 4 is 33.2 Å². The van der Waals surface area contributed by atoms with Crippen molar-refractivity contribution < 1.29 is 22.7 Å². The van der Waals surface area contributed by atoms with Crippen molar-refractivity contribution in [2.75, 3.05) is 18.4 Å². The molecule has 2 N–H and O–H groups in total. The van der Waals surface area contributed by atoms with Gasteiger partial charge in [0.2, 0.25) is 0 Å². The summed E-state index contributed by atoms with van der Waals surface area (Å²) in [6, 6.07) is 20.6. The molecule has 0 spiro atoms. The first-order valence-electron chi connectivity index (χ1n) is 10.7. The fourth-order valence-corrected chi connectivity index (χ4v) is 4.58. The van der Waals surface area contributed by atoms with Crippen LogP contribution in [-0.2, 0) is 21.2 Å². The Morgan fingerprint density at radius 2 is 1.74 bits per heavy atom. The molecule has 0 aromatic heterocycles. The zero-order chi connectivity index (χ0) is 24.6. The maximum absolute atomic E-state index is 12.7. The Morgan fingerprint density at radius 1 is 1.03 bits per heavy atom. The molecular weight excluding hydrogens is 476 g/mol. The van der Waals surface area contributed by atoms with Gasteiger partial charge in [0.15, 0.2) is 6.61 Å². The third-order valence-electron chi connectivity index (χ3n) is 5.03. The Kier molecular flexibility index (Phi) is 8.79. The van der Waals surface area contributed by atoms with Gasteiger partial charge in [0.1, 0.15) is 11.5 Å². The maximum Gasteiger partial charge on any atom is 0.261 e. The molecule has 180 valence electrons. The lowest BCUT2D eigenvalue weighted by Gasteiger charge is -2.15. The van der Waals surface area contributed by atoms with Gasteiger partial charge in [-0.15, -0.1) is 0 Å². The van der Waals surface area contributed by atoms with E-state index >= 15 is 0 Å². The zero-order valence-corrected chi connectivity index (χ0v) is 20.5. The van der Waals surface area contributed by atoms with Crippen molar-refractivity contribution in [2.45, 2.75) is 30.7 Å². The number of hydrogen-bond donors (Lipinski definition) is 2. The van der Waals surface area contributed by atoms with Gasteiger partial charge in [0.25, 0.3) is 15.9 Å². The molecule has 34 heavy (non-hydrogen) atoms. The summed E-state index contributed by atoms with van der Waals surface area (Å²) in [5.74, 6) is 0.550. The van der Waals surface area contributed by atoms with Gasteiger partial charge >= 0.3 is 0 Å². The average molecular weight is 503 g/mol. The van der Waals surface area contributed by atoms with Crippen LogP contribution >= 0.6 is 11.6 Å². The van der Waals surface area contributed by atoms with Gasteiger partial charge in [-0.05, 0) is 67.8 Å². The summed E-state index contributed by atoms with van der Waals surface area (Å²) in [6.07, 6.45) is 1.65. The second-order valence-electron chi connectivity index (χ2n) is 7.71. The largest absolute Gasteiger partial charge is 0.497 e. The highest BCUT2D eigenvalue weighted by atomic mass is 35.5. The molecule has 3 aromatic carbocycles. The smallest absolute Gasteiger partial charge is 0.261 e. The fraction of sp³-hybridized carbons (Fsp3) is 0.240. The third kappa shape index (κ3) is 7.40. The van der Waals surface area contributed by atoms with Crippen LogP contribution in [0.3, 0.4) is 0 Å². The summed E-state index contributed by atoms with van der Waals surface area (Å²) in [6.45, 7) is 1.70. The Morgan fingerprint density at radius 3 is 2.38 bits per heavy atom. The summed E-state index contributed by atoms with van der Waals surface area (Å²) in [5, 5.41) is 2.97. The number of carbonyl (C=O) groups excluding carboxylic acids is 1. The maximum atomic E-state index is 12.7. The molecule has 0 aliphatic carbocycles. The number of methoxy groups -OCH3 is 1. The van der Waals surface area contributed by atoms with E-state index in [1.165, 1.54) is 30.9 Å². The molecule has 0 heterocycles. The molecule has 0 fully saturated rings. The minimum absolute atomic E-state index is 0.0247. The lowest BCUT2D eigenvalue weighted by molar-refractivity contribution is -0.123. The molecule has 9 heteroatoms. The molecule has 0 bridgehead atoms. The van der Waals surface area contributed by atoms with Crippen molar-refractivity contribution in [2.24, 2.45) is 0 Å². The highest BCUT2D eigenvalue weighted by Crippen LogP contribution is 2.28. The molecule has 7 nitrogen and oxygen atoms in total. The minimum atomic E-state index is -3.86. The van der Waals surface area contributed by atoms with Crippen molar-refractivity contribution in [3.63, 3.8) is 0 Å². The number of hydrogen-bond acceptors (Lipinski definition) is 5. The number of halogens is 1. The van der Waals surface area contributed by atoms with Crippen LogP contribution in [0.1, 0.15) is 18.9 Å². The molecule has 3 rings (SSSR count). The van der Waals surface area contributed by atoms with Crippen LogP contribution in [0.25, 0.3) is 0 Å². The molecule has 1 atom stereocenters. The number of nitrogens with one attached hydrogen (secondary N) is 2. The van der Waals surface area contributed by atoms with E-state index in [-0.39, 0.29) is 34.2 Å². The number of ether oxygens (including phenoxy) is 2. The summed E-state index contributed by atoms with van der Waals surface area (Å²) in [5.41, 5.74) is 1.60. The minimum Gasteiger partial charge on any atom is -0.497 e. The standard InChI is InChI=1S/C25H27ClN2O5S/c1-18(8-9-19-6-4-3-5-7-19)27-25(29)17-33-24-15-14-22(16-23(24)26)34(30,31)28-20-10-12-21(32-2)13-11-20/h3-7,10-16,18,28H,8-9,17H2,1-2H3,(H,27,29)/t18-/m1/s1. The molecule has 0 aliphatic heterocycles. The van der Waals surface area contributed by atoms with E-state index in [2.05, 4.69) is 22.2 Å². The van der Waals surface area contributed by atoms with E-state index in [0.29, 0.717) is 11.4 Å². The van der Waals surface area contributed by atoms with Crippen LogP contribution < -0.4 is 19.5 Å². The fourth-order valence-electron chi connectivity index (χ4n) is 3.20. The van der Waals surface area contributed by atoms with E-state index in [9.17, 15) is 13.2 Å². The monoisotopic (exact) mass is 502 g/mol. The Hall–Kier alpha value is -3.23. The van der Waals surface area contributed by atoms with Crippen LogP contribution in [0.2, 0.25) is 5.02 Å². The third-order valence-corrected chi connectivity index (χ3v) is 6.71. The van der Waals surface area contributed by atoms with Gasteiger partial charge in [0.05, 0.1) is 17.0 Å². The van der Waals surface area contributed by atoms with Gasteiger partial charge in [0, 0.05) is 11.7 Å². The van der Waals surface area contributed by atoms with E-state index in [1.54, 1.807) is 24.3 Å². The highest BCUT2D eigenvalue weighted by Gasteiger charge is 2.17. The quantitative estimate of drug-likeness (QED) is 0.397. The normalized spacial score (nSPS) is 12.0. The first-order chi connectivity index (χ1) is 16.3. The summed E-state index contributed by atoms with van der Waals surface area (Å²) in [7, 11) is -2.33. The van der Waals surface area contributed by atoms with Gasteiger partial charge in [-0.3, -0.25) is 9.52 Å². The number of aryl methyl sites for hydroxylation is 1. The number of carbonyl (C=O) groups is 1. The van der Waals surface area contributed by atoms with Crippen molar-refractivity contribution in [3.8, 4) is 11.5 Å². The lowest BCUT2D eigenvalue weighted by atomic mass is 10.1. The summed E-state index contributed by atoms with van der Waals surface area (Å²) in [4.78, 5) is 12.2. The van der Waals surface area contributed by atoms with Crippen molar-refractivity contribution in [3.05, 3.63) is 83.4 Å². The Labute approximate surface area is 205 Å². The second-order valence-corrected chi connectivity index (χ2v) is 9.80. The van der Waals surface area contributed by atoms with E-state index in [4.69, 9.17) is 21.1 Å². The second kappa shape index (κ2) is 11.8. The van der Waals surface area contributed by atoms with Crippen molar-refractivity contribution in [1.82, 2.24) is 5.32 Å². The number of sulfonamides is 1. The predicted octanol–water partition coefficient (Wildman–Crippen LogP) is 4.67. The summed E-state index contributed by atoms with van der Waals surface area (Å²) < 4.78 is 38.4. The van der Waals surface area contributed by atoms with Crippen LogP contribution in [0.5, 0.6) is 11.5 Å². The van der Waals surface area contributed by atoms with Gasteiger partial charge < -0.3 is 14.8 Å². The molecule has 0 aliphatic rings. The van der Waals surface area contributed by atoms with E-state index in [0.717, 1.165) is 12.8 Å². The van der Waals surface area contributed by atoms with E-state index < -0.39 is 10.0 Å². The van der Waals surface area contributed by atoms with E-state index in [1.807, 2.05) is 25.1 Å².